The number of sulfonamides is 1. The van der Waals surface area contributed by atoms with Crippen LogP contribution in [0.5, 0.6) is 0 Å². The molecule has 2 unspecified atom stereocenters. The van der Waals surface area contributed by atoms with Gasteiger partial charge in [0.25, 0.3) is 0 Å². The number of alkyl halides is 3. The molecule has 0 bridgehead atoms. The van der Waals surface area contributed by atoms with E-state index in [1.165, 1.54) is 12.1 Å². The van der Waals surface area contributed by atoms with E-state index in [0.717, 1.165) is 5.69 Å². The second-order valence-electron chi connectivity index (χ2n) is 7.97. The molecule has 7 nitrogen and oxygen atoms in total. The zero-order valence-corrected chi connectivity index (χ0v) is 17.4. The molecule has 1 saturated heterocycles. The molecule has 2 atom stereocenters. The number of anilines is 1. The van der Waals surface area contributed by atoms with Gasteiger partial charge in [-0.25, -0.2) is 13.6 Å². The van der Waals surface area contributed by atoms with E-state index in [0.29, 0.717) is 39.0 Å². The van der Waals surface area contributed by atoms with Crippen LogP contribution >= 0.6 is 0 Å². The van der Waals surface area contributed by atoms with Gasteiger partial charge < -0.3 is 10.2 Å². The lowest BCUT2D eigenvalue weighted by molar-refractivity contribution is -0.184. The summed E-state index contributed by atoms with van der Waals surface area (Å²) in [4.78, 5) is 16.4. The first-order chi connectivity index (χ1) is 14.0. The van der Waals surface area contributed by atoms with Crippen molar-refractivity contribution in [1.29, 1.82) is 0 Å². The third-order valence-electron chi connectivity index (χ3n) is 5.77. The standard InChI is InChI=1S/C19H27F3N4O3S/c20-19(21,22)14-2-1-3-15(12-14)24-18(27)13-25-8-10-26(11-9-25)16-4-6-17(7-5-16)30(23,28)29/h4-7,14-15H,1-3,8-13H2,(H,24,27)(H2,23,28,29). The summed E-state index contributed by atoms with van der Waals surface area (Å²) in [5.41, 5.74) is 0.867. The van der Waals surface area contributed by atoms with Crippen LogP contribution < -0.4 is 15.4 Å². The molecule has 1 heterocycles. The van der Waals surface area contributed by atoms with Gasteiger partial charge in [0.05, 0.1) is 17.4 Å². The molecule has 1 aromatic carbocycles. The van der Waals surface area contributed by atoms with Crippen molar-refractivity contribution in [3.05, 3.63) is 24.3 Å². The van der Waals surface area contributed by atoms with Crippen LogP contribution in [0.15, 0.2) is 29.2 Å². The van der Waals surface area contributed by atoms with Gasteiger partial charge in [0.15, 0.2) is 0 Å². The molecule has 30 heavy (non-hydrogen) atoms. The second-order valence-corrected chi connectivity index (χ2v) is 9.53. The molecular weight excluding hydrogens is 421 g/mol. The van der Waals surface area contributed by atoms with Crippen LogP contribution in [-0.2, 0) is 14.8 Å². The number of nitrogens with one attached hydrogen (secondary N) is 1. The lowest BCUT2D eigenvalue weighted by Crippen LogP contribution is -2.51. The number of piperazine rings is 1. The van der Waals surface area contributed by atoms with E-state index >= 15 is 0 Å². The Bertz CT molecular complexity index is 838. The number of hydrogen-bond acceptors (Lipinski definition) is 5. The first kappa shape index (κ1) is 22.8. The zero-order chi connectivity index (χ0) is 21.9. The van der Waals surface area contributed by atoms with E-state index in [1.54, 1.807) is 12.1 Å². The zero-order valence-electron chi connectivity index (χ0n) is 16.6. The van der Waals surface area contributed by atoms with E-state index < -0.39 is 28.2 Å². The van der Waals surface area contributed by atoms with Crippen molar-refractivity contribution in [1.82, 2.24) is 10.2 Å². The highest BCUT2D eigenvalue weighted by molar-refractivity contribution is 7.89. The third-order valence-corrected chi connectivity index (χ3v) is 6.70. The van der Waals surface area contributed by atoms with Crippen molar-refractivity contribution >= 4 is 21.6 Å². The van der Waals surface area contributed by atoms with Gasteiger partial charge in [0, 0.05) is 37.9 Å². The molecule has 0 radical (unpaired) electrons. The summed E-state index contributed by atoms with van der Waals surface area (Å²) in [6, 6.07) is 5.90. The lowest BCUT2D eigenvalue weighted by atomic mass is 9.85. The number of benzene rings is 1. The van der Waals surface area contributed by atoms with E-state index in [1.807, 2.05) is 4.90 Å². The van der Waals surface area contributed by atoms with Crippen molar-refractivity contribution in [3.8, 4) is 0 Å². The summed E-state index contributed by atoms with van der Waals surface area (Å²) in [5.74, 6) is -1.57. The summed E-state index contributed by atoms with van der Waals surface area (Å²) in [5, 5.41) is 7.87. The average molecular weight is 449 g/mol. The number of hydrogen-bond donors (Lipinski definition) is 2. The van der Waals surface area contributed by atoms with Gasteiger partial charge in [-0.2, -0.15) is 13.2 Å². The molecule has 11 heteroatoms. The Hall–Kier alpha value is -1.85. The summed E-state index contributed by atoms with van der Waals surface area (Å²) in [6.07, 6.45) is -3.06. The Morgan fingerprint density at radius 1 is 1.10 bits per heavy atom. The molecule has 1 aliphatic heterocycles. The van der Waals surface area contributed by atoms with Crippen molar-refractivity contribution in [3.63, 3.8) is 0 Å². The van der Waals surface area contributed by atoms with Gasteiger partial charge in [0.1, 0.15) is 0 Å². The number of rotatable bonds is 5. The monoisotopic (exact) mass is 448 g/mol. The van der Waals surface area contributed by atoms with Crippen molar-refractivity contribution < 1.29 is 26.4 Å². The van der Waals surface area contributed by atoms with Crippen LogP contribution in [0.25, 0.3) is 0 Å². The maximum atomic E-state index is 12.9. The largest absolute Gasteiger partial charge is 0.391 e. The van der Waals surface area contributed by atoms with Crippen molar-refractivity contribution in [2.45, 2.75) is 42.8 Å². The minimum Gasteiger partial charge on any atom is -0.369 e. The van der Waals surface area contributed by atoms with Crippen LogP contribution in [0.1, 0.15) is 25.7 Å². The highest BCUT2D eigenvalue weighted by Crippen LogP contribution is 2.37. The molecule has 0 spiro atoms. The molecule has 1 aliphatic carbocycles. The molecule has 2 aliphatic rings. The second kappa shape index (κ2) is 9.11. The Morgan fingerprint density at radius 2 is 1.73 bits per heavy atom. The number of carbonyl (C=O) groups excluding carboxylic acids is 1. The third kappa shape index (κ3) is 6.08. The predicted octanol–water partition coefficient (Wildman–Crippen LogP) is 1.69. The Labute approximate surface area is 174 Å². The smallest absolute Gasteiger partial charge is 0.369 e. The number of carbonyl (C=O) groups is 1. The predicted molar refractivity (Wildman–Crippen MR) is 106 cm³/mol. The molecular formula is C19H27F3N4O3S. The van der Waals surface area contributed by atoms with Crippen molar-refractivity contribution in [2.75, 3.05) is 37.6 Å². The SMILES string of the molecule is NS(=O)(=O)c1ccc(N2CCN(CC(=O)NC3CCCC(C(F)(F)F)C3)CC2)cc1. The van der Waals surface area contributed by atoms with Gasteiger partial charge in [-0.3, -0.25) is 9.69 Å². The number of primary sulfonamides is 1. The average Bonchev–Trinajstić information content (AvgIpc) is 2.67. The van der Waals surface area contributed by atoms with E-state index in [2.05, 4.69) is 10.2 Å². The summed E-state index contributed by atoms with van der Waals surface area (Å²) in [7, 11) is -3.73. The maximum Gasteiger partial charge on any atom is 0.391 e. The molecule has 1 saturated carbocycles. The molecule has 3 rings (SSSR count). The van der Waals surface area contributed by atoms with Gasteiger partial charge >= 0.3 is 6.18 Å². The van der Waals surface area contributed by atoms with Gasteiger partial charge in [-0.05, 0) is 43.5 Å². The van der Waals surface area contributed by atoms with Gasteiger partial charge in [0.2, 0.25) is 15.9 Å². The quantitative estimate of drug-likeness (QED) is 0.715. The van der Waals surface area contributed by atoms with E-state index in [-0.39, 0.29) is 30.2 Å². The number of halogens is 3. The minimum absolute atomic E-state index is 0.0441. The van der Waals surface area contributed by atoms with E-state index in [9.17, 15) is 26.4 Å². The summed E-state index contributed by atoms with van der Waals surface area (Å²) < 4.78 is 61.4. The minimum atomic E-state index is -4.20. The topological polar surface area (TPSA) is 95.7 Å². The fraction of sp³-hybridized carbons (Fsp3) is 0.632. The normalized spacial score (nSPS) is 23.9. The Kier molecular flexibility index (Phi) is 6.93. The Morgan fingerprint density at radius 3 is 2.30 bits per heavy atom. The van der Waals surface area contributed by atoms with Gasteiger partial charge in [-0.15, -0.1) is 0 Å². The van der Waals surface area contributed by atoms with Crippen molar-refractivity contribution in [2.24, 2.45) is 11.1 Å². The van der Waals surface area contributed by atoms with E-state index in [4.69, 9.17) is 5.14 Å². The first-order valence-electron chi connectivity index (χ1n) is 9.98. The number of amides is 1. The van der Waals surface area contributed by atoms with Gasteiger partial charge in [-0.1, -0.05) is 6.42 Å². The molecule has 1 amide bonds. The van der Waals surface area contributed by atoms with Crippen LogP contribution in [0.2, 0.25) is 0 Å². The van der Waals surface area contributed by atoms with Crippen LogP contribution in [0.3, 0.4) is 0 Å². The maximum absolute atomic E-state index is 12.9. The highest BCUT2D eigenvalue weighted by atomic mass is 32.2. The first-order valence-corrected chi connectivity index (χ1v) is 11.5. The fourth-order valence-corrected chi connectivity index (χ4v) is 4.62. The van der Waals surface area contributed by atoms with Crippen LogP contribution in [-0.4, -0.2) is 64.2 Å². The molecule has 0 aromatic heterocycles. The molecule has 3 N–H and O–H groups in total. The fourth-order valence-electron chi connectivity index (χ4n) is 4.11. The summed E-state index contributed by atoms with van der Waals surface area (Å²) >= 11 is 0. The number of nitrogens with zero attached hydrogens (tertiary/aromatic N) is 2. The summed E-state index contributed by atoms with van der Waals surface area (Å²) in [6.45, 7) is 2.72. The molecule has 2 fully saturated rings. The molecule has 1 aromatic rings. The lowest BCUT2D eigenvalue weighted by Gasteiger charge is -2.36. The Balaban J connectivity index is 1.45. The number of nitrogens with two attached hydrogens (primary N) is 1. The highest BCUT2D eigenvalue weighted by Gasteiger charge is 2.42. The van der Waals surface area contributed by atoms with Crippen LogP contribution in [0, 0.1) is 5.92 Å². The van der Waals surface area contributed by atoms with Crippen LogP contribution in [0.4, 0.5) is 18.9 Å². The molecule has 168 valence electrons.